The van der Waals surface area contributed by atoms with Crippen molar-refractivity contribution < 1.29 is 14.3 Å². The highest BCUT2D eigenvalue weighted by atomic mass is 35.5. The fourth-order valence-electron chi connectivity index (χ4n) is 3.94. The van der Waals surface area contributed by atoms with Gasteiger partial charge in [0.25, 0.3) is 0 Å². The first-order chi connectivity index (χ1) is 12.7. The van der Waals surface area contributed by atoms with Gasteiger partial charge in [0.15, 0.2) is 0 Å². The van der Waals surface area contributed by atoms with Crippen LogP contribution < -0.4 is 10.6 Å². The van der Waals surface area contributed by atoms with Crippen molar-refractivity contribution in [2.75, 3.05) is 45.2 Å². The molecule has 0 bridgehead atoms. The molecule has 2 aliphatic heterocycles. The van der Waals surface area contributed by atoms with Crippen LogP contribution in [-0.2, 0) is 14.3 Å². The highest BCUT2D eigenvalue weighted by Gasteiger charge is 2.26. The Morgan fingerprint density at radius 1 is 1.24 bits per heavy atom. The number of anilines is 1. The molecule has 0 saturated carbocycles. The van der Waals surface area contributed by atoms with Crippen LogP contribution in [0, 0.1) is 0 Å². The van der Waals surface area contributed by atoms with Gasteiger partial charge in [-0.3, -0.25) is 14.9 Å². The number of likely N-dealkylation sites (tertiary alicyclic amines) is 1. The van der Waals surface area contributed by atoms with Crippen LogP contribution in [0.4, 0.5) is 5.95 Å². The van der Waals surface area contributed by atoms with Crippen molar-refractivity contribution in [3.63, 3.8) is 0 Å². The zero-order valence-electron chi connectivity index (χ0n) is 16.7. The molecule has 11 heteroatoms. The second-order valence-electron chi connectivity index (χ2n) is 7.08. The Kier molecular flexibility index (Phi) is 13.5. The first-order valence-electron chi connectivity index (χ1n) is 9.50. The molecule has 2 fully saturated rings. The number of carbonyl (C=O) groups is 2. The van der Waals surface area contributed by atoms with Gasteiger partial charge in [-0.05, 0) is 51.9 Å². The smallest absolute Gasteiger partial charge is 0.306 e. The number of aromatic nitrogens is 2. The third kappa shape index (κ3) is 7.61. The predicted octanol–water partition coefficient (Wildman–Crippen LogP) is 2.38. The summed E-state index contributed by atoms with van der Waals surface area (Å²) >= 11 is 0. The van der Waals surface area contributed by atoms with E-state index in [4.69, 9.17) is 9.72 Å². The Hall–Kier alpha value is -1.06. The second kappa shape index (κ2) is 14.0. The van der Waals surface area contributed by atoms with E-state index >= 15 is 0 Å². The Bertz CT molecular complexity index is 618. The second-order valence-corrected chi connectivity index (χ2v) is 7.08. The monoisotopic (exact) mass is 471 g/mol. The Morgan fingerprint density at radius 2 is 1.90 bits per heavy atom. The molecule has 2 saturated heterocycles. The third-order valence-corrected chi connectivity index (χ3v) is 5.51. The fraction of sp³-hybridized carbons (Fsp3) is 0.722. The number of carbonyl (C=O) groups excluding carboxylic acids is 2. The molecule has 2 aliphatic rings. The van der Waals surface area contributed by atoms with Crippen LogP contribution in [0.25, 0.3) is 0 Å². The van der Waals surface area contributed by atoms with Gasteiger partial charge in [0.1, 0.15) is 0 Å². The number of halogens is 3. The summed E-state index contributed by atoms with van der Waals surface area (Å²) < 4.78 is 6.86. The molecule has 29 heavy (non-hydrogen) atoms. The van der Waals surface area contributed by atoms with Crippen LogP contribution in [0.1, 0.15) is 49.8 Å². The lowest BCUT2D eigenvalue weighted by molar-refractivity contribution is -0.141. The molecular weight excluding hydrogens is 441 g/mol. The van der Waals surface area contributed by atoms with E-state index in [-0.39, 0.29) is 43.2 Å². The summed E-state index contributed by atoms with van der Waals surface area (Å²) in [5, 5.41) is 6.14. The van der Waals surface area contributed by atoms with E-state index in [1.165, 1.54) is 7.11 Å². The van der Waals surface area contributed by atoms with Crippen LogP contribution >= 0.6 is 37.2 Å². The topological polar surface area (TPSA) is 88.5 Å². The van der Waals surface area contributed by atoms with Crippen LogP contribution in [0.2, 0.25) is 0 Å². The molecule has 3 heterocycles. The SMILES string of the molecule is COC(=O)CCN1CCC(c2cn(C3CCNCC3)c(NC=O)n2)CC1.Cl.Cl.Cl. The van der Waals surface area contributed by atoms with E-state index in [1.807, 2.05) is 0 Å². The number of hydrogen-bond donors (Lipinski definition) is 2. The maximum atomic E-state index is 11.3. The molecule has 1 aromatic heterocycles. The van der Waals surface area contributed by atoms with Gasteiger partial charge in [0.05, 0.1) is 19.2 Å². The van der Waals surface area contributed by atoms with E-state index in [2.05, 4.69) is 26.3 Å². The number of esters is 1. The van der Waals surface area contributed by atoms with Crippen molar-refractivity contribution in [1.29, 1.82) is 0 Å². The lowest BCUT2D eigenvalue weighted by Crippen LogP contribution is -2.34. The Labute approximate surface area is 190 Å². The van der Waals surface area contributed by atoms with E-state index in [9.17, 15) is 9.59 Å². The quantitative estimate of drug-likeness (QED) is 0.468. The number of hydrogen-bond acceptors (Lipinski definition) is 6. The molecule has 0 atom stereocenters. The van der Waals surface area contributed by atoms with Crippen molar-refractivity contribution in [1.82, 2.24) is 19.8 Å². The number of methoxy groups -OCH3 is 1. The van der Waals surface area contributed by atoms with Gasteiger partial charge in [0.2, 0.25) is 12.4 Å². The zero-order chi connectivity index (χ0) is 18.4. The Balaban J connectivity index is 0.00000261. The van der Waals surface area contributed by atoms with Gasteiger partial charge < -0.3 is 19.5 Å². The van der Waals surface area contributed by atoms with Gasteiger partial charge in [-0.25, -0.2) is 4.98 Å². The largest absolute Gasteiger partial charge is 0.469 e. The summed E-state index contributed by atoms with van der Waals surface area (Å²) in [6, 6.07) is 0.389. The van der Waals surface area contributed by atoms with Crippen LogP contribution in [0.5, 0.6) is 0 Å². The lowest BCUT2D eigenvalue weighted by atomic mass is 9.94. The van der Waals surface area contributed by atoms with Crippen molar-refractivity contribution in [3.05, 3.63) is 11.9 Å². The molecule has 2 N–H and O–H groups in total. The molecule has 1 aromatic rings. The van der Waals surface area contributed by atoms with Crippen molar-refractivity contribution in [3.8, 4) is 0 Å². The highest BCUT2D eigenvalue weighted by molar-refractivity contribution is 5.86. The van der Waals surface area contributed by atoms with E-state index in [0.29, 0.717) is 30.7 Å². The number of imidazole rings is 1. The zero-order valence-corrected chi connectivity index (χ0v) is 19.1. The summed E-state index contributed by atoms with van der Waals surface area (Å²) in [6.45, 7) is 4.66. The number of nitrogens with zero attached hydrogens (tertiary/aromatic N) is 3. The molecule has 3 rings (SSSR count). The number of piperidine rings is 2. The minimum atomic E-state index is -0.155. The lowest BCUT2D eigenvalue weighted by Gasteiger charge is -2.30. The third-order valence-electron chi connectivity index (χ3n) is 5.51. The van der Waals surface area contributed by atoms with Crippen LogP contribution in [0.3, 0.4) is 0 Å². The summed E-state index contributed by atoms with van der Waals surface area (Å²) in [5.41, 5.74) is 1.07. The predicted molar refractivity (Wildman–Crippen MR) is 120 cm³/mol. The maximum Gasteiger partial charge on any atom is 0.306 e. The minimum Gasteiger partial charge on any atom is -0.469 e. The average molecular weight is 473 g/mol. The van der Waals surface area contributed by atoms with Gasteiger partial charge in [-0.1, -0.05) is 0 Å². The van der Waals surface area contributed by atoms with E-state index in [1.54, 1.807) is 0 Å². The summed E-state index contributed by atoms with van der Waals surface area (Å²) in [5.74, 6) is 0.909. The molecule has 0 unspecified atom stereocenters. The van der Waals surface area contributed by atoms with Gasteiger partial charge in [-0.2, -0.15) is 0 Å². The summed E-state index contributed by atoms with van der Waals surface area (Å²) in [7, 11) is 1.43. The molecule has 0 spiro atoms. The fourth-order valence-corrected chi connectivity index (χ4v) is 3.94. The van der Waals surface area contributed by atoms with Crippen molar-refractivity contribution >= 4 is 55.5 Å². The molecule has 8 nitrogen and oxygen atoms in total. The maximum absolute atomic E-state index is 11.3. The van der Waals surface area contributed by atoms with Crippen molar-refractivity contribution in [2.45, 2.75) is 44.1 Å². The van der Waals surface area contributed by atoms with E-state index < -0.39 is 0 Å². The highest BCUT2D eigenvalue weighted by Crippen LogP contribution is 2.31. The van der Waals surface area contributed by atoms with Gasteiger partial charge in [0, 0.05) is 24.7 Å². The van der Waals surface area contributed by atoms with Crippen LogP contribution in [0.15, 0.2) is 6.20 Å². The molecule has 0 aliphatic carbocycles. The van der Waals surface area contributed by atoms with Gasteiger partial charge in [-0.15, -0.1) is 37.2 Å². The molecular formula is C18H32Cl3N5O3. The average Bonchev–Trinajstić information content (AvgIpc) is 3.11. The first kappa shape index (κ1) is 27.9. The number of rotatable bonds is 7. The number of ether oxygens (including phenoxy) is 1. The summed E-state index contributed by atoms with van der Waals surface area (Å²) in [6.07, 6.45) is 7.43. The van der Waals surface area contributed by atoms with Crippen molar-refractivity contribution in [2.24, 2.45) is 0 Å². The van der Waals surface area contributed by atoms with Gasteiger partial charge >= 0.3 is 5.97 Å². The standard InChI is InChI=1S/C18H29N5O3.3ClH/c1-26-17(25)6-11-22-9-4-14(5-10-22)16-12-23(18(21-16)20-13-24)15-2-7-19-8-3-15;;;/h12-15,19H,2-11H2,1H3,(H,20,21,24);3*1H. The Morgan fingerprint density at radius 3 is 2.48 bits per heavy atom. The molecule has 0 aromatic carbocycles. The number of nitrogens with one attached hydrogen (secondary N) is 2. The number of amides is 1. The van der Waals surface area contributed by atoms with E-state index in [0.717, 1.165) is 64.1 Å². The molecule has 1 amide bonds. The van der Waals surface area contributed by atoms with Crippen LogP contribution in [-0.4, -0.2) is 66.7 Å². The summed E-state index contributed by atoms with van der Waals surface area (Å²) in [4.78, 5) is 29.3. The molecule has 168 valence electrons. The minimum absolute atomic E-state index is 0. The molecule has 0 radical (unpaired) electrons. The first-order valence-corrected chi connectivity index (χ1v) is 9.50. The normalized spacial score (nSPS) is 18.0.